The van der Waals surface area contributed by atoms with Crippen molar-refractivity contribution in [2.45, 2.75) is 19.5 Å². The van der Waals surface area contributed by atoms with Crippen LogP contribution in [0.3, 0.4) is 0 Å². The molecule has 0 unspecified atom stereocenters. The predicted molar refractivity (Wildman–Crippen MR) is 54.9 cm³/mol. The quantitative estimate of drug-likeness (QED) is 0.635. The Kier molecular flexibility index (Phi) is 4.60. The van der Waals surface area contributed by atoms with Crippen LogP contribution in [0.1, 0.15) is 40.7 Å². The third kappa shape index (κ3) is 3.20. The van der Waals surface area contributed by atoms with Crippen LogP contribution in [0.25, 0.3) is 0 Å². The fraction of sp³-hybridized carbons (Fsp3) is 0.364. The van der Waals surface area contributed by atoms with E-state index in [1.807, 2.05) is 0 Å². The smallest absolute Gasteiger partial charge is 0.433 e. The monoisotopic (exact) mass is 294 g/mol. The van der Waals surface area contributed by atoms with Crippen molar-refractivity contribution in [2.24, 2.45) is 0 Å². The minimum Gasteiger partial charge on any atom is -0.462 e. The summed E-state index contributed by atoms with van der Waals surface area (Å²) in [6.07, 6.45) is -8.46. The minimum absolute atomic E-state index is 0.183. The molecule has 0 fully saturated rings. The highest BCUT2D eigenvalue weighted by atomic mass is 19.4. The number of ether oxygens (including phenoxy) is 1. The number of hydrogen-bond acceptors (Lipinski definition) is 4. The van der Waals surface area contributed by atoms with Gasteiger partial charge in [0.05, 0.1) is 17.7 Å². The maximum Gasteiger partial charge on any atom is 0.433 e. The van der Waals surface area contributed by atoms with Gasteiger partial charge in [-0.1, -0.05) is 0 Å². The molecule has 1 heterocycles. The zero-order valence-electron chi connectivity index (χ0n) is 9.96. The predicted octanol–water partition coefficient (Wildman–Crippen LogP) is 3.09. The molecule has 1 rings (SSSR count). The largest absolute Gasteiger partial charge is 0.462 e. The first kappa shape index (κ1) is 15.8. The number of pyridine rings is 1. The number of hydrogen-bond donors (Lipinski definition) is 0. The standard InChI is InChI=1S/C11H7F5N2O2/c1-2-20-10(19)5-3-7(11(14,15)16)18-8(9(12)13)6(5)4-17/h3,9H,2H2,1H3. The number of carbonyl (C=O) groups is 1. The second-order valence-electron chi connectivity index (χ2n) is 3.45. The van der Waals surface area contributed by atoms with Crippen LogP contribution in [-0.2, 0) is 10.9 Å². The molecule has 9 heteroatoms. The lowest BCUT2D eigenvalue weighted by molar-refractivity contribution is -0.141. The fourth-order valence-corrected chi connectivity index (χ4v) is 1.36. The molecule has 0 aliphatic rings. The van der Waals surface area contributed by atoms with Gasteiger partial charge in [-0.15, -0.1) is 0 Å². The van der Waals surface area contributed by atoms with E-state index in [4.69, 9.17) is 5.26 Å². The van der Waals surface area contributed by atoms with E-state index in [0.717, 1.165) is 0 Å². The van der Waals surface area contributed by atoms with E-state index in [1.54, 1.807) is 0 Å². The number of nitrogens with zero attached hydrogens (tertiary/aromatic N) is 2. The van der Waals surface area contributed by atoms with Crippen LogP contribution in [-0.4, -0.2) is 17.6 Å². The van der Waals surface area contributed by atoms with Crippen molar-refractivity contribution in [1.29, 1.82) is 5.26 Å². The van der Waals surface area contributed by atoms with Gasteiger partial charge >= 0.3 is 12.1 Å². The average Bonchev–Trinajstić information content (AvgIpc) is 2.36. The number of alkyl halides is 5. The van der Waals surface area contributed by atoms with Gasteiger partial charge in [-0.2, -0.15) is 18.4 Å². The highest BCUT2D eigenvalue weighted by Gasteiger charge is 2.36. The summed E-state index contributed by atoms with van der Waals surface area (Å²) < 4.78 is 67.5. The van der Waals surface area contributed by atoms with Gasteiger partial charge in [0.2, 0.25) is 0 Å². The molecule has 4 nitrogen and oxygen atoms in total. The third-order valence-electron chi connectivity index (χ3n) is 2.15. The number of aromatic nitrogens is 1. The molecule has 1 aromatic rings. The molecule has 0 radical (unpaired) electrons. The second-order valence-corrected chi connectivity index (χ2v) is 3.45. The van der Waals surface area contributed by atoms with Gasteiger partial charge in [0, 0.05) is 0 Å². The van der Waals surface area contributed by atoms with E-state index in [1.165, 1.54) is 13.0 Å². The molecule has 0 saturated heterocycles. The SMILES string of the molecule is CCOC(=O)c1cc(C(F)(F)F)nc(C(F)F)c1C#N. The first-order valence-corrected chi connectivity index (χ1v) is 5.19. The molecule has 0 aliphatic heterocycles. The Labute approximate surface area is 109 Å². The summed E-state index contributed by atoms with van der Waals surface area (Å²) in [4.78, 5) is 14.2. The molecule has 0 bridgehead atoms. The zero-order chi connectivity index (χ0) is 15.5. The maximum atomic E-state index is 12.7. The van der Waals surface area contributed by atoms with Crippen LogP contribution in [0, 0.1) is 11.3 Å². The van der Waals surface area contributed by atoms with Crippen LogP contribution in [0.4, 0.5) is 22.0 Å². The van der Waals surface area contributed by atoms with E-state index < -0.39 is 41.1 Å². The first-order chi connectivity index (χ1) is 9.22. The molecular formula is C11H7F5N2O2. The molecule has 0 saturated carbocycles. The summed E-state index contributed by atoms with van der Waals surface area (Å²) in [6, 6.07) is 1.48. The minimum atomic E-state index is -5.03. The van der Waals surface area contributed by atoms with Crippen LogP contribution in [0.2, 0.25) is 0 Å². The number of carbonyl (C=O) groups excluding carboxylic acids is 1. The van der Waals surface area contributed by atoms with Crippen molar-refractivity contribution in [3.05, 3.63) is 28.6 Å². The van der Waals surface area contributed by atoms with Gasteiger partial charge < -0.3 is 4.74 Å². The third-order valence-corrected chi connectivity index (χ3v) is 2.15. The Morgan fingerprint density at radius 3 is 2.50 bits per heavy atom. The molecule has 108 valence electrons. The summed E-state index contributed by atoms with van der Waals surface area (Å²) in [5.41, 5.74) is -4.89. The molecular weight excluding hydrogens is 287 g/mol. The Morgan fingerprint density at radius 1 is 1.50 bits per heavy atom. The van der Waals surface area contributed by atoms with Crippen molar-refractivity contribution < 1.29 is 31.5 Å². The fourth-order valence-electron chi connectivity index (χ4n) is 1.36. The van der Waals surface area contributed by atoms with Crippen molar-refractivity contribution in [3.63, 3.8) is 0 Å². The van der Waals surface area contributed by atoms with Gasteiger partial charge in [-0.3, -0.25) is 0 Å². The molecule has 0 atom stereocenters. The Morgan fingerprint density at radius 2 is 2.10 bits per heavy atom. The number of rotatable bonds is 3. The Hall–Kier alpha value is -2.24. The van der Waals surface area contributed by atoms with Crippen LogP contribution in [0.5, 0.6) is 0 Å². The highest BCUT2D eigenvalue weighted by molar-refractivity contribution is 5.92. The first-order valence-electron chi connectivity index (χ1n) is 5.19. The summed E-state index contributed by atoms with van der Waals surface area (Å²) >= 11 is 0. The average molecular weight is 294 g/mol. The van der Waals surface area contributed by atoms with Gasteiger partial charge in [-0.25, -0.2) is 18.6 Å². The van der Waals surface area contributed by atoms with Gasteiger partial charge in [0.25, 0.3) is 6.43 Å². The lowest BCUT2D eigenvalue weighted by Gasteiger charge is -2.12. The summed E-state index contributed by atoms with van der Waals surface area (Å²) in [5.74, 6) is -1.29. The number of nitriles is 1. The van der Waals surface area contributed by atoms with Crippen LogP contribution < -0.4 is 0 Å². The van der Waals surface area contributed by atoms with Gasteiger partial charge in [0.15, 0.2) is 0 Å². The van der Waals surface area contributed by atoms with Crippen molar-refractivity contribution >= 4 is 5.97 Å². The van der Waals surface area contributed by atoms with E-state index in [2.05, 4.69) is 9.72 Å². The molecule has 1 aromatic heterocycles. The van der Waals surface area contributed by atoms with Gasteiger partial charge in [-0.05, 0) is 13.0 Å². The second kappa shape index (κ2) is 5.81. The lowest BCUT2D eigenvalue weighted by atomic mass is 10.1. The van der Waals surface area contributed by atoms with Crippen molar-refractivity contribution in [2.75, 3.05) is 6.61 Å². The molecule has 0 N–H and O–H groups in total. The normalized spacial score (nSPS) is 11.3. The molecule has 0 aliphatic carbocycles. The van der Waals surface area contributed by atoms with Gasteiger partial charge in [0.1, 0.15) is 17.5 Å². The molecule has 0 aromatic carbocycles. The molecule has 0 spiro atoms. The lowest BCUT2D eigenvalue weighted by Crippen LogP contribution is -2.16. The molecule has 0 amide bonds. The molecule has 20 heavy (non-hydrogen) atoms. The maximum absolute atomic E-state index is 12.7. The number of halogens is 5. The van der Waals surface area contributed by atoms with E-state index >= 15 is 0 Å². The van der Waals surface area contributed by atoms with E-state index in [9.17, 15) is 26.7 Å². The Balaban J connectivity index is 3.59. The summed E-state index contributed by atoms with van der Waals surface area (Å²) in [7, 11) is 0. The van der Waals surface area contributed by atoms with Crippen LogP contribution >= 0.6 is 0 Å². The highest BCUT2D eigenvalue weighted by Crippen LogP contribution is 2.32. The Bertz CT molecular complexity index is 563. The summed E-state index contributed by atoms with van der Waals surface area (Å²) in [5, 5.41) is 8.75. The van der Waals surface area contributed by atoms with Crippen molar-refractivity contribution in [3.8, 4) is 6.07 Å². The van der Waals surface area contributed by atoms with E-state index in [-0.39, 0.29) is 12.7 Å². The van der Waals surface area contributed by atoms with Crippen molar-refractivity contribution in [1.82, 2.24) is 4.98 Å². The topological polar surface area (TPSA) is 63.0 Å². The number of esters is 1. The van der Waals surface area contributed by atoms with E-state index in [0.29, 0.717) is 0 Å². The zero-order valence-corrected chi connectivity index (χ0v) is 9.96. The summed E-state index contributed by atoms with van der Waals surface area (Å²) in [6.45, 7) is 1.20. The van der Waals surface area contributed by atoms with Crippen LogP contribution in [0.15, 0.2) is 6.07 Å².